The van der Waals surface area contributed by atoms with Crippen molar-refractivity contribution in [3.8, 4) is 0 Å². The van der Waals surface area contributed by atoms with Gasteiger partial charge in [-0.25, -0.2) is 18.2 Å². The van der Waals surface area contributed by atoms with Crippen molar-refractivity contribution < 1.29 is 13.2 Å². The number of carbonyl (C=O) groups excluding carboxylic acids is 1. The molecule has 1 fully saturated rings. The van der Waals surface area contributed by atoms with Crippen LogP contribution in [0.5, 0.6) is 0 Å². The van der Waals surface area contributed by atoms with E-state index in [1.807, 2.05) is 11.0 Å². The predicted molar refractivity (Wildman–Crippen MR) is 144 cm³/mol. The number of aryl methyl sites for hydroxylation is 1. The number of hydrogen-bond acceptors (Lipinski definition) is 6. The van der Waals surface area contributed by atoms with Crippen LogP contribution in [0.1, 0.15) is 24.0 Å². The number of pyridine rings is 1. The summed E-state index contributed by atoms with van der Waals surface area (Å²) >= 11 is 12.1. The largest absolute Gasteiger partial charge is 0.322 e. The third-order valence-corrected chi connectivity index (χ3v) is 8.49. The van der Waals surface area contributed by atoms with Gasteiger partial charge < -0.3 is 20.0 Å². The second-order valence-corrected chi connectivity index (χ2v) is 12.5. The van der Waals surface area contributed by atoms with E-state index in [0.717, 1.165) is 63.1 Å². The maximum Gasteiger partial charge on any atom is 0.322 e. The minimum atomic E-state index is -3.30. The second-order valence-electron chi connectivity index (χ2n) is 9.72. The van der Waals surface area contributed by atoms with Crippen LogP contribution in [0.3, 0.4) is 0 Å². The zero-order valence-electron chi connectivity index (χ0n) is 20.7. The van der Waals surface area contributed by atoms with Gasteiger partial charge in [0.25, 0.3) is 0 Å². The molecule has 0 radical (unpaired) electrons. The van der Waals surface area contributed by atoms with Gasteiger partial charge in [-0.15, -0.1) is 0 Å². The van der Waals surface area contributed by atoms with E-state index in [1.54, 1.807) is 24.3 Å². The number of nitrogens with zero attached hydrogens (tertiary/aromatic N) is 4. The molecule has 0 saturated carbocycles. The van der Waals surface area contributed by atoms with Gasteiger partial charge in [-0.3, -0.25) is 0 Å². The number of hydrogen-bond donors (Lipinski definition) is 1. The number of nitrogens with one attached hydrogen (secondary N) is 1. The quantitative estimate of drug-likeness (QED) is 0.524. The molecule has 4 rings (SSSR count). The van der Waals surface area contributed by atoms with Gasteiger partial charge in [-0.05, 0) is 74.7 Å². The standard InChI is InChI=1S/C25H33Cl2N5O3S/c1-30-10-12-31(13-11-30)8-3-9-32(25(33)28-20-16-23(26)29-24(27)17-20)21-6-4-18-5-7-22(36(2,34)35)15-19(18)14-21/h5,7,15-17,21H,3-4,6,8-14H2,1-2H3,(H,28,29,33). The zero-order valence-corrected chi connectivity index (χ0v) is 23.0. The van der Waals surface area contributed by atoms with E-state index in [2.05, 4.69) is 27.1 Å². The summed E-state index contributed by atoms with van der Waals surface area (Å²) in [7, 11) is -1.17. The van der Waals surface area contributed by atoms with Gasteiger partial charge in [0.15, 0.2) is 9.84 Å². The molecule has 2 heterocycles. The number of anilines is 1. The lowest BCUT2D eigenvalue weighted by molar-refractivity contribution is 0.140. The van der Waals surface area contributed by atoms with Gasteiger partial charge >= 0.3 is 6.03 Å². The van der Waals surface area contributed by atoms with Crippen LogP contribution >= 0.6 is 23.2 Å². The maximum absolute atomic E-state index is 13.5. The lowest BCUT2D eigenvalue weighted by Gasteiger charge is -2.37. The molecule has 1 aromatic heterocycles. The van der Waals surface area contributed by atoms with Gasteiger partial charge in [0.2, 0.25) is 0 Å². The molecule has 1 aliphatic carbocycles. The van der Waals surface area contributed by atoms with E-state index in [1.165, 1.54) is 6.26 Å². The number of halogens is 2. The average molecular weight is 555 g/mol. The van der Waals surface area contributed by atoms with Crippen LogP contribution in [0.2, 0.25) is 10.3 Å². The first-order valence-electron chi connectivity index (χ1n) is 12.2. The summed E-state index contributed by atoms with van der Waals surface area (Å²) in [6.45, 7) is 5.68. The molecule has 1 aromatic carbocycles. The number of fused-ring (bicyclic) bond motifs is 1. The third kappa shape index (κ3) is 7.10. The predicted octanol–water partition coefficient (Wildman–Crippen LogP) is 3.82. The summed E-state index contributed by atoms with van der Waals surface area (Å²) in [5, 5.41) is 3.35. The first-order chi connectivity index (χ1) is 17.1. The number of rotatable bonds is 7. The Balaban J connectivity index is 1.50. The minimum Gasteiger partial charge on any atom is -0.321 e. The Kier molecular flexibility index (Phi) is 8.78. The molecule has 196 valence electrons. The fourth-order valence-electron chi connectivity index (χ4n) is 4.93. The Morgan fingerprint density at radius 1 is 1.11 bits per heavy atom. The van der Waals surface area contributed by atoms with Crippen molar-refractivity contribution in [2.75, 3.05) is 57.9 Å². The van der Waals surface area contributed by atoms with E-state index in [9.17, 15) is 13.2 Å². The Bertz CT molecular complexity index is 1180. The molecule has 2 amide bonds. The van der Waals surface area contributed by atoms with Crippen molar-refractivity contribution in [1.82, 2.24) is 19.7 Å². The summed E-state index contributed by atoms with van der Waals surface area (Å²) in [5.41, 5.74) is 2.62. The first-order valence-corrected chi connectivity index (χ1v) is 14.9. The van der Waals surface area contributed by atoms with Gasteiger partial charge in [-0.1, -0.05) is 29.3 Å². The number of urea groups is 1. The molecule has 8 nitrogen and oxygen atoms in total. The summed E-state index contributed by atoms with van der Waals surface area (Å²) in [5.74, 6) is 0. The van der Waals surface area contributed by atoms with Crippen LogP contribution in [0.15, 0.2) is 35.2 Å². The van der Waals surface area contributed by atoms with Crippen LogP contribution in [-0.2, 0) is 22.7 Å². The Morgan fingerprint density at radius 3 is 2.47 bits per heavy atom. The lowest BCUT2D eigenvalue weighted by atomic mass is 9.87. The molecule has 0 bridgehead atoms. The van der Waals surface area contributed by atoms with Crippen molar-refractivity contribution in [3.63, 3.8) is 0 Å². The number of aromatic nitrogens is 1. The van der Waals surface area contributed by atoms with Crippen molar-refractivity contribution in [1.29, 1.82) is 0 Å². The number of carbonyl (C=O) groups is 1. The fourth-order valence-corrected chi connectivity index (χ4v) is 6.06. The minimum absolute atomic E-state index is 0.0485. The normalized spacial score (nSPS) is 19.1. The van der Waals surface area contributed by atoms with Crippen LogP contribution in [-0.4, -0.2) is 92.7 Å². The van der Waals surface area contributed by atoms with Crippen molar-refractivity contribution >= 4 is 44.8 Å². The van der Waals surface area contributed by atoms with E-state index in [4.69, 9.17) is 23.2 Å². The summed E-state index contributed by atoms with van der Waals surface area (Å²) in [6, 6.07) is 8.21. The zero-order chi connectivity index (χ0) is 25.9. The van der Waals surface area contributed by atoms with Gasteiger partial charge in [0, 0.05) is 50.7 Å². The number of sulfone groups is 1. The number of likely N-dealkylation sites (N-methyl/N-ethyl adjacent to an activating group) is 1. The smallest absolute Gasteiger partial charge is 0.321 e. The summed E-state index contributed by atoms with van der Waals surface area (Å²) < 4.78 is 24.2. The molecular formula is C25H33Cl2N5O3S. The highest BCUT2D eigenvalue weighted by Crippen LogP contribution is 2.28. The van der Waals surface area contributed by atoms with Crippen LogP contribution in [0.4, 0.5) is 10.5 Å². The highest BCUT2D eigenvalue weighted by molar-refractivity contribution is 7.90. The molecule has 36 heavy (non-hydrogen) atoms. The second kappa shape index (κ2) is 11.6. The average Bonchev–Trinajstić information content (AvgIpc) is 2.81. The molecule has 0 spiro atoms. The SMILES string of the molecule is CN1CCN(CCCN(C(=O)Nc2cc(Cl)nc(Cl)c2)C2CCc3ccc(S(C)(=O)=O)cc3C2)CC1. The van der Waals surface area contributed by atoms with Gasteiger partial charge in [-0.2, -0.15) is 0 Å². The summed E-state index contributed by atoms with van der Waals surface area (Å²) in [4.78, 5) is 24.4. The lowest BCUT2D eigenvalue weighted by Crippen LogP contribution is -2.48. The topological polar surface area (TPSA) is 85.8 Å². The van der Waals surface area contributed by atoms with E-state index >= 15 is 0 Å². The molecule has 1 atom stereocenters. The van der Waals surface area contributed by atoms with E-state index in [0.29, 0.717) is 23.5 Å². The van der Waals surface area contributed by atoms with Gasteiger partial charge in [0.05, 0.1) is 4.90 Å². The molecule has 1 aliphatic heterocycles. The van der Waals surface area contributed by atoms with Crippen LogP contribution in [0, 0.1) is 0 Å². The fraction of sp³-hybridized carbons (Fsp3) is 0.520. The Labute approximate surface area is 223 Å². The van der Waals surface area contributed by atoms with E-state index < -0.39 is 9.84 Å². The Morgan fingerprint density at radius 2 is 1.81 bits per heavy atom. The molecule has 11 heteroatoms. The number of benzene rings is 1. The molecule has 1 saturated heterocycles. The molecule has 2 aliphatic rings. The molecule has 1 unspecified atom stereocenters. The van der Waals surface area contributed by atoms with Gasteiger partial charge in [0.1, 0.15) is 10.3 Å². The monoisotopic (exact) mass is 553 g/mol. The third-order valence-electron chi connectivity index (χ3n) is 6.99. The first kappa shape index (κ1) is 27.1. The molecule has 2 aromatic rings. The highest BCUT2D eigenvalue weighted by Gasteiger charge is 2.29. The maximum atomic E-state index is 13.5. The van der Waals surface area contributed by atoms with Crippen molar-refractivity contribution in [2.45, 2.75) is 36.6 Å². The van der Waals surface area contributed by atoms with Crippen molar-refractivity contribution in [2.24, 2.45) is 0 Å². The molecular weight excluding hydrogens is 521 g/mol. The highest BCUT2D eigenvalue weighted by atomic mass is 35.5. The summed E-state index contributed by atoms with van der Waals surface area (Å²) in [6.07, 6.45) is 4.28. The van der Waals surface area contributed by atoms with Crippen LogP contribution < -0.4 is 5.32 Å². The number of amides is 2. The number of piperazine rings is 1. The molecule has 1 N–H and O–H groups in total. The van der Waals surface area contributed by atoms with E-state index in [-0.39, 0.29) is 22.4 Å². The van der Waals surface area contributed by atoms with Crippen molar-refractivity contribution in [3.05, 3.63) is 51.8 Å². The Hall–Kier alpha value is -1.91. The van der Waals surface area contributed by atoms with Crippen LogP contribution in [0.25, 0.3) is 0 Å².